The first-order chi connectivity index (χ1) is 13.6. The molecule has 29 heavy (non-hydrogen) atoms. The largest absolute Gasteiger partial charge is 0.460 e. The molecule has 0 saturated heterocycles. The SMILES string of the molecule is C=C(C)C(=O)OC(=O)C(=C)C.C=C(C)C(=O)OCCOCCOCCOCCO. The molecule has 0 radical (unpaired) electrons. The number of hydrogen-bond donors (Lipinski definition) is 1. The summed E-state index contributed by atoms with van der Waals surface area (Å²) in [6.45, 7) is 17.3. The Morgan fingerprint density at radius 2 is 0.966 bits per heavy atom. The van der Waals surface area contributed by atoms with Crippen LogP contribution in [0.4, 0.5) is 0 Å². The second-order valence-electron chi connectivity index (χ2n) is 5.71. The van der Waals surface area contributed by atoms with Crippen molar-refractivity contribution in [1.29, 1.82) is 0 Å². The van der Waals surface area contributed by atoms with Crippen molar-refractivity contribution in [3.8, 4) is 0 Å². The van der Waals surface area contributed by atoms with Crippen molar-refractivity contribution in [2.75, 3.05) is 52.9 Å². The minimum absolute atomic E-state index is 0.0199. The van der Waals surface area contributed by atoms with Gasteiger partial charge in [-0.25, -0.2) is 14.4 Å². The average Bonchev–Trinajstić information content (AvgIpc) is 2.66. The number of hydrogen-bond acceptors (Lipinski definition) is 9. The lowest BCUT2D eigenvalue weighted by molar-refractivity contribution is -0.154. The smallest absolute Gasteiger partial charge is 0.340 e. The van der Waals surface area contributed by atoms with E-state index >= 15 is 0 Å². The number of rotatable bonds is 14. The van der Waals surface area contributed by atoms with E-state index < -0.39 is 17.9 Å². The fraction of sp³-hybridized carbons (Fsp3) is 0.550. The molecular weight excluding hydrogens is 384 g/mol. The molecule has 0 heterocycles. The molecule has 9 nitrogen and oxygen atoms in total. The molecule has 0 unspecified atom stereocenters. The number of aliphatic hydroxyl groups is 1. The Balaban J connectivity index is 0. The summed E-state index contributed by atoms with van der Waals surface area (Å²) in [5, 5.41) is 8.44. The minimum atomic E-state index is -0.710. The molecule has 0 fully saturated rings. The molecule has 166 valence electrons. The highest BCUT2D eigenvalue weighted by Crippen LogP contribution is 1.97. The van der Waals surface area contributed by atoms with Gasteiger partial charge in [0.05, 0.1) is 46.2 Å². The van der Waals surface area contributed by atoms with Crippen molar-refractivity contribution in [2.24, 2.45) is 0 Å². The van der Waals surface area contributed by atoms with Crippen molar-refractivity contribution in [3.05, 3.63) is 36.5 Å². The maximum atomic E-state index is 11.0. The van der Waals surface area contributed by atoms with Crippen LogP contribution in [0.25, 0.3) is 0 Å². The molecule has 0 atom stereocenters. The van der Waals surface area contributed by atoms with Crippen LogP contribution in [0.1, 0.15) is 20.8 Å². The first-order valence-electron chi connectivity index (χ1n) is 8.87. The third-order valence-corrected chi connectivity index (χ3v) is 2.67. The molecule has 1 N–H and O–H groups in total. The third-order valence-electron chi connectivity index (χ3n) is 2.67. The van der Waals surface area contributed by atoms with Crippen LogP contribution in [-0.2, 0) is 38.1 Å². The van der Waals surface area contributed by atoms with E-state index in [4.69, 9.17) is 24.1 Å². The molecular formula is C20H32O9. The van der Waals surface area contributed by atoms with Crippen LogP contribution in [0.5, 0.6) is 0 Å². The lowest BCUT2D eigenvalue weighted by Gasteiger charge is -2.07. The van der Waals surface area contributed by atoms with Gasteiger partial charge in [0, 0.05) is 16.7 Å². The highest BCUT2D eigenvalue weighted by Gasteiger charge is 2.10. The van der Waals surface area contributed by atoms with Gasteiger partial charge in [-0.15, -0.1) is 0 Å². The molecule has 0 spiro atoms. The number of esters is 3. The van der Waals surface area contributed by atoms with Crippen LogP contribution in [0.15, 0.2) is 36.5 Å². The lowest BCUT2D eigenvalue weighted by atomic mass is 10.3. The Hall–Kier alpha value is -2.33. The highest BCUT2D eigenvalue weighted by atomic mass is 16.6. The first-order valence-corrected chi connectivity index (χ1v) is 8.87. The standard InChI is InChI=1S/C12H22O6.C8H10O3/c1-11(2)12(14)18-10-9-17-8-7-16-6-5-15-4-3-13;1-5(2)7(9)11-8(10)6(3)4/h13H,1,3-10H2,2H3;1,3H2,2,4H3. The van der Waals surface area contributed by atoms with E-state index in [0.29, 0.717) is 45.2 Å². The summed E-state index contributed by atoms with van der Waals surface area (Å²) in [7, 11) is 0. The van der Waals surface area contributed by atoms with Crippen molar-refractivity contribution >= 4 is 17.9 Å². The maximum Gasteiger partial charge on any atom is 0.340 e. The summed E-state index contributed by atoms with van der Waals surface area (Å²) < 4.78 is 24.5. The second-order valence-corrected chi connectivity index (χ2v) is 5.71. The van der Waals surface area contributed by atoms with Crippen LogP contribution >= 0.6 is 0 Å². The maximum absolute atomic E-state index is 11.0. The predicted molar refractivity (Wildman–Crippen MR) is 106 cm³/mol. The molecule has 0 saturated carbocycles. The van der Waals surface area contributed by atoms with Gasteiger partial charge in [-0.3, -0.25) is 0 Å². The van der Waals surface area contributed by atoms with Gasteiger partial charge in [0.1, 0.15) is 6.61 Å². The van der Waals surface area contributed by atoms with Crippen molar-refractivity contribution in [2.45, 2.75) is 20.8 Å². The second kappa shape index (κ2) is 19.0. The Morgan fingerprint density at radius 3 is 1.31 bits per heavy atom. The summed E-state index contributed by atoms with van der Waals surface area (Å²) in [6.07, 6.45) is 0. The van der Waals surface area contributed by atoms with Crippen LogP contribution in [0.3, 0.4) is 0 Å². The summed E-state index contributed by atoms with van der Waals surface area (Å²) in [4.78, 5) is 32.3. The highest BCUT2D eigenvalue weighted by molar-refractivity contribution is 6.00. The van der Waals surface area contributed by atoms with Gasteiger partial charge in [-0.1, -0.05) is 19.7 Å². The van der Waals surface area contributed by atoms with E-state index in [1.807, 2.05) is 0 Å². The Bertz CT molecular complexity index is 528. The molecule has 0 aromatic rings. The fourth-order valence-electron chi connectivity index (χ4n) is 1.18. The van der Waals surface area contributed by atoms with E-state index in [0.717, 1.165) is 0 Å². The van der Waals surface area contributed by atoms with Crippen LogP contribution in [0, 0.1) is 0 Å². The van der Waals surface area contributed by atoms with Gasteiger partial charge in [-0.05, 0) is 20.8 Å². The van der Waals surface area contributed by atoms with E-state index in [9.17, 15) is 14.4 Å². The number of carbonyl (C=O) groups excluding carboxylic acids is 3. The molecule has 0 aliphatic rings. The van der Waals surface area contributed by atoms with Gasteiger partial charge in [-0.2, -0.15) is 0 Å². The third kappa shape index (κ3) is 20.2. The van der Waals surface area contributed by atoms with E-state index in [1.165, 1.54) is 13.8 Å². The van der Waals surface area contributed by atoms with Gasteiger partial charge < -0.3 is 28.8 Å². The zero-order valence-electron chi connectivity index (χ0n) is 17.5. The normalized spacial score (nSPS) is 9.66. The molecule has 0 aliphatic carbocycles. The lowest BCUT2D eigenvalue weighted by Crippen LogP contribution is -2.14. The molecule has 0 amide bonds. The molecule has 0 bridgehead atoms. The molecule has 0 aromatic carbocycles. The van der Waals surface area contributed by atoms with Crippen molar-refractivity contribution < 1.29 is 43.2 Å². The monoisotopic (exact) mass is 416 g/mol. The van der Waals surface area contributed by atoms with Crippen LogP contribution in [0.2, 0.25) is 0 Å². The van der Waals surface area contributed by atoms with Crippen LogP contribution in [-0.4, -0.2) is 75.9 Å². The quantitative estimate of drug-likeness (QED) is 0.194. The summed E-state index contributed by atoms with van der Waals surface area (Å²) in [5.74, 6) is -1.83. The topological polar surface area (TPSA) is 118 Å². The van der Waals surface area contributed by atoms with Crippen molar-refractivity contribution in [3.63, 3.8) is 0 Å². The number of ether oxygens (including phenoxy) is 5. The predicted octanol–water partition coefficient (Wildman–Crippen LogP) is 1.36. The van der Waals surface area contributed by atoms with Gasteiger partial charge >= 0.3 is 17.9 Å². The van der Waals surface area contributed by atoms with E-state index in [-0.39, 0.29) is 24.4 Å². The zero-order valence-corrected chi connectivity index (χ0v) is 17.5. The number of aliphatic hydroxyl groups excluding tert-OH is 1. The minimum Gasteiger partial charge on any atom is -0.460 e. The molecule has 9 heteroatoms. The molecule has 0 rings (SSSR count). The van der Waals surface area contributed by atoms with E-state index in [2.05, 4.69) is 24.5 Å². The first kappa shape index (κ1) is 28.9. The Labute approximate surface area is 171 Å². The Kier molecular flexibility index (Phi) is 18.9. The summed E-state index contributed by atoms with van der Waals surface area (Å²) in [6, 6.07) is 0. The Morgan fingerprint density at radius 1 is 0.621 bits per heavy atom. The number of carbonyl (C=O) groups is 3. The fourth-order valence-corrected chi connectivity index (χ4v) is 1.18. The average molecular weight is 416 g/mol. The van der Waals surface area contributed by atoms with Crippen LogP contribution < -0.4 is 0 Å². The molecule has 0 aromatic heterocycles. The summed E-state index contributed by atoms with van der Waals surface area (Å²) >= 11 is 0. The van der Waals surface area contributed by atoms with Gasteiger partial charge in [0.15, 0.2) is 0 Å². The summed E-state index contributed by atoms with van der Waals surface area (Å²) in [5.41, 5.74) is 0.764. The zero-order chi connectivity index (χ0) is 22.7. The molecule has 0 aliphatic heterocycles. The van der Waals surface area contributed by atoms with Crippen molar-refractivity contribution in [1.82, 2.24) is 0 Å². The van der Waals surface area contributed by atoms with Gasteiger partial charge in [0.2, 0.25) is 0 Å². The van der Waals surface area contributed by atoms with E-state index in [1.54, 1.807) is 6.92 Å². The van der Waals surface area contributed by atoms with Gasteiger partial charge in [0.25, 0.3) is 0 Å².